The maximum atomic E-state index is 13.2. The van der Waals surface area contributed by atoms with Gasteiger partial charge < -0.3 is 10.0 Å². The first-order valence-corrected chi connectivity index (χ1v) is 9.01. The third-order valence-electron chi connectivity index (χ3n) is 4.08. The van der Waals surface area contributed by atoms with Crippen LogP contribution in [0, 0.1) is 17.2 Å². The lowest BCUT2D eigenvalue weighted by molar-refractivity contribution is -0.141. The second-order valence-corrected chi connectivity index (χ2v) is 7.08. The molecule has 0 saturated carbocycles. The topological polar surface area (TPSA) is 77.2 Å². The average Bonchev–Trinajstić information content (AvgIpc) is 2.58. The molecule has 0 aliphatic carbocycles. The van der Waals surface area contributed by atoms with Crippen molar-refractivity contribution in [2.45, 2.75) is 25.9 Å². The van der Waals surface area contributed by atoms with Crippen LogP contribution in [0.4, 0.5) is 13.2 Å². The molecule has 25 heavy (non-hydrogen) atoms. The van der Waals surface area contributed by atoms with Crippen LogP contribution >= 0.6 is 11.8 Å². The minimum Gasteiger partial charge on any atom is -0.492 e. The van der Waals surface area contributed by atoms with Gasteiger partial charge in [0.15, 0.2) is 5.69 Å². The molecule has 2 rings (SSSR count). The molecule has 2 heterocycles. The Morgan fingerprint density at radius 2 is 2.12 bits per heavy atom. The number of halogens is 3. The van der Waals surface area contributed by atoms with E-state index in [1.54, 1.807) is 17.8 Å². The van der Waals surface area contributed by atoms with Crippen LogP contribution in [0.3, 0.4) is 0 Å². The molecule has 1 N–H and O–H groups in total. The average molecular weight is 373 g/mol. The highest BCUT2D eigenvalue weighted by molar-refractivity contribution is 7.99. The molecule has 1 aromatic heterocycles. The maximum absolute atomic E-state index is 13.2. The summed E-state index contributed by atoms with van der Waals surface area (Å²) < 4.78 is 39.5. The molecule has 5 nitrogen and oxygen atoms in total. The quantitative estimate of drug-likeness (QED) is 0.876. The van der Waals surface area contributed by atoms with E-state index in [-0.39, 0.29) is 0 Å². The number of aromatic nitrogens is 1. The van der Waals surface area contributed by atoms with Gasteiger partial charge in [-0.05, 0) is 36.3 Å². The number of hydrogen-bond donors (Lipinski definition) is 1. The van der Waals surface area contributed by atoms with Crippen molar-refractivity contribution in [2.75, 3.05) is 24.6 Å². The molecule has 0 atom stereocenters. The smallest absolute Gasteiger partial charge is 0.434 e. The highest BCUT2D eigenvalue weighted by Crippen LogP contribution is 2.34. The number of aromatic hydroxyl groups is 1. The van der Waals surface area contributed by atoms with E-state index in [4.69, 9.17) is 5.26 Å². The molecule has 136 valence electrons. The van der Waals surface area contributed by atoms with Gasteiger partial charge in [0.1, 0.15) is 11.6 Å². The standard InChI is InChI=1S/C16H18F3N3O2S/c1-2-25-9-10-3-5-22(6-4-10)15(24)12-7-11(8-20)14(23)21-13(12)16(17,18)19/h7,10H,2-6,9H2,1H3,(H,21,23). The molecule has 9 heteroatoms. The minimum absolute atomic E-state index is 0.369. The van der Waals surface area contributed by atoms with E-state index in [0.29, 0.717) is 19.0 Å². The second kappa shape index (κ2) is 7.95. The number of carbonyl (C=O) groups is 1. The summed E-state index contributed by atoms with van der Waals surface area (Å²) in [7, 11) is 0. The lowest BCUT2D eigenvalue weighted by Gasteiger charge is -2.32. The maximum Gasteiger partial charge on any atom is 0.434 e. The molecule has 0 aromatic carbocycles. The van der Waals surface area contributed by atoms with E-state index in [1.165, 1.54) is 4.90 Å². The fraction of sp³-hybridized carbons (Fsp3) is 0.562. The van der Waals surface area contributed by atoms with Gasteiger partial charge in [0.2, 0.25) is 5.88 Å². The first-order chi connectivity index (χ1) is 11.8. The van der Waals surface area contributed by atoms with Crippen molar-refractivity contribution in [3.05, 3.63) is 22.9 Å². The van der Waals surface area contributed by atoms with E-state index >= 15 is 0 Å². The first-order valence-electron chi connectivity index (χ1n) is 7.86. The van der Waals surface area contributed by atoms with Gasteiger partial charge in [0.05, 0.1) is 5.56 Å². The number of thioether (sulfide) groups is 1. The Bertz CT molecular complexity index is 680. The molecule has 1 aliphatic rings. The molecule has 0 unspecified atom stereocenters. The highest BCUT2D eigenvalue weighted by atomic mass is 32.2. The lowest BCUT2D eigenvalue weighted by atomic mass is 9.98. The Hall–Kier alpha value is -1.95. The zero-order valence-corrected chi connectivity index (χ0v) is 14.5. The van der Waals surface area contributed by atoms with Crippen LogP contribution in [-0.4, -0.2) is 45.5 Å². The van der Waals surface area contributed by atoms with Gasteiger partial charge in [0, 0.05) is 13.1 Å². The summed E-state index contributed by atoms with van der Waals surface area (Å²) in [5.41, 5.74) is -2.61. The summed E-state index contributed by atoms with van der Waals surface area (Å²) in [6.45, 7) is 2.80. The number of carbonyl (C=O) groups excluding carboxylic acids is 1. The van der Waals surface area contributed by atoms with E-state index in [9.17, 15) is 23.1 Å². The van der Waals surface area contributed by atoms with Gasteiger partial charge in [-0.3, -0.25) is 4.79 Å². The van der Waals surface area contributed by atoms with E-state index in [0.717, 1.165) is 30.4 Å². The molecule has 1 amide bonds. The molecule has 1 aliphatic heterocycles. The van der Waals surface area contributed by atoms with Gasteiger partial charge in [-0.15, -0.1) is 0 Å². The Morgan fingerprint density at radius 1 is 1.48 bits per heavy atom. The number of pyridine rings is 1. The molecule has 1 aromatic rings. The van der Waals surface area contributed by atoms with Crippen molar-refractivity contribution in [3.8, 4) is 11.9 Å². The summed E-state index contributed by atoms with van der Waals surface area (Å²) in [5.74, 6) is 0.596. The SMILES string of the molecule is CCSCC1CCN(C(=O)c2cc(C#N)c(O)nc2C(F)(F)F)CC1. The van der Waals surface area contributed by atoms with Crippen molar-refractivity contribution in [3.63, 3.8) is 0 Å². The van der Waals surface area contributed by atoms with Crippen LogP contribution in [0.1, 0.15) is 41.4 Å². The van der Waals surface area contributed by atoms with Crippen LogP contribution in [0.5, 0.6) is 5.88 Å². The second-order valence-electron chi connectivity index (χ2n) is 5.76. The Balaban J connectivity index is 2.23. The number of piperidine rings is 1. The number of hydrogen-bond acceptors (Lipinski definition) is 5. The fourth-order valence-electron chi connectivity index (χ4n) is 2.72. The lowest BCUT2D eigenvalue weighted by Crippen LogP contribution is -2.40. The summed E-state index contributed by atoms with van der Waals surface area (Å²) >= 11 is 1.81. The minimum atomic E-state index is -4.90. The molecule has 0 spiro atoms. The van der Waals surface area contributed by atoms with Crippen molar-refractivity contribution in [1.29, 1.82) is 5.26 Å². The fourth-order valence-corrected chi connectivity index (χ4v) is 3.62. The van der Waals surface area contributed by atoms with E-state index < -0.39 is 34.8 Å². The summed E-state index contributed by atoms with van der Waals surface area (Å²) in [4.78, 5) is 17.0. The number of nitriles is 1. The predicted molar refractivity (Wildman–Crippen MR) is 87.2 cm³/mol. The van der Waals surface area contributed by atoms with Crippen molar-refractivity contribution in [2.24, 2.45) is 5.92 Å². The zero-order valence-electron chi connectivity index (χ0n) is 13.6. The van der Waals surface area contributed by atoms with Crippen LogP contribution in [0.25, 0.3) is 0 Å². The van der Waals surface area contributed by atoms with Gasteiger partial charge in [-0.1, -0.05) is 6.92 Å². The Kier molecular flexibility index (Phi) is 6.16. The molecule has 0 radical (unpaired) electrons. The van der Waals surface area contributed by atoms with Gasteiger partial charge in [0.25, 0.3) is 5.91 Å². The summed E-state index contributed by atoms with van der Waals surface area (Å²) in [6, 6.07) is 2.32. The normalized spacial score (nSPS) is 15.9. The monoisotopic (exact) mass is 373 g/mol. The van der Waals surface area contributed by atoms with Crippen LogP contribution in [0.15, 0.2) is 6.07 Å². The zero-order chi connectivity index (χ0) is 18.6. The Morgan fingerprint density at radius 3 is 2.64 bits per heavy atom. The summed E-state index contributed by atoms with van der Waals surface area (Å²) in [5, 5.41) is 18.3. The number of likely N-dealkylation sites (tertiary alicyclic amines) is 1. The third kappa shape index (κ3) is 4.57. The molecule has 0 bridgehead atoms. The molecular weight excluding hydrogens is 355 g/mol. The van der Waals surface area contributed by atoms with Crippen LogP contribution < -0.4 is 0 Å². The van der Waals surface area contributed by atoms with Gasteiger partial charge >= 0.3 is 6.18 Å². The van der Waals surface area contributed by atoms with E-state index in [1.807, 2.05) is 0 Å². The molecule has 1 fully saturated rings. The third-order valence-corrected chi connectivity index (χ3v) is 5.20. The van der Waals surface area contributed by atoms with Crippen LogP contribution in [-0.2, 0) is 6.18 Å². The number of nitrogens with zero attached hydrogens (tertiary/aromatic N) is 3. The largest absolute Gasteiger partial charge is 0.492 e. The summed E-state index contributed by atoms with van der Waals surface area (Å²) in [6.07, 6.45) is -3.43. The van der Waals surface area contributed by atoms with Crippen molar-refractivity contribution < 1.29 is 23.1 Å². The number of rotatable bonds is 4. The number of amides is 1. The number of alkyl halides is 3. The van der Waals surface area contributed by atoms with Crippen molar-refractivity contribution in [1.82, 2.24) is 9.88 Å². The highest BCUT2D eigenvalue weighted by Gasteiger charge is 2.40. The van der Waals surface area contributed by atoms with Crippen molar-refractivity contribution >= 4 is 17.7 Å². The van der Waals surface area contributed by atoms with E-state index in [2.05, 4.69) is 11.9 Å². The molecule has 1 saturated heterocycles. The Labute approximate surface area is 147 Å². The first kappa shape index (κ1) is 19.4. The van der Waals surface area contributed by atoms with Crippen LogP contribution in [0.2, 0.25) is 0 Å². The van der Waals surface area contributed by atoms with Gasteiger partial charge in [-0.2, -0.15) is 30.2 Å². The molecular formula is C16H18F3N3O2S. The van der Waals surface area contributed by atoms with Gasteiger partial charge in [-0.25, -0.2) is 4.98 Å². The predicted octanol–water partition coefficient (Wildman–Crippen LogP) is 3.28.